The third-order valence-corrected chi connectivity index (χ3v) is 3.67. The predicted molar refractivity (Wildman–Crippen MR) is 87.7 cm³/mol. The van der Waals surface area contributed by atoms with Crippen LogP contribution in [0.2, 0.25) is 0 Å². The molecule has 0 spiro atoms. The molecule has 0 aliphatic carbocycles. The summed E-state index contributed by atoms with van der Waals surface area (Å²) in [5.74, 6) is 1.15. The lowest BCUT2D eigenvalue weighted by Gasteiger charge is -2.08. The van der Waals surface area contributed by atoms with E-state index >= 15 is 0 Å². The molecular formula is C18H19N3O. The molecule has 4 nitrogen and oxygen atoms in total. The van der Waals surface area contributed by atoms with Gasteiger partial charge in [-0.25, -0.2) is 0 Å². The Morgan fingerprint density at radius 1 is 0.955 bits per heavy atom. The standard InChI is InChI=1S/C18H19N3O/c1-12-8-9-14(3)16(10-12)19-11-17-20-21-18(22-17)15-7-5-4-6-13(15)2/h4-10,19H,11H2,1-3H3. The van der Waals surface area contributed by atoms with E-state index in [1.165, 1.54) is 11.1 Å². The van der Waals surface area contributed by atoms with Crippen LogP contribution in [0.25, 0.3) is 11.5 Å². The maximum absolute atomic E-state index is 5.76. The Morgan fingerprint density at radius 2 is 1.77 bits per heavy atom. The summed E-state index contributed by atoms with van der Waals surface area (Å²) in [5.41, 5.74) is 5.62. The van der Waals surface area contributed by atoms with Crippen molar-refractivity contribution in [1.82, 2.24) is 10.2 Å². The summed E-state index contributed by atoms with van der Waals surface area (Å²) in [6.45, 7) is 6.71. The lowest BCUT2D eigenvalue weighted by atomic mass is 10.1. The fourth-order valence-electron chi connectivity index (χ4n) is 2.34. The maximum atomic E-state index is 5.76. The summed E-state index contributed by atoms with van der Waals surface area (Å²) in [6, 6.07) is 14.3. The quantitative estimate of drug-likeness (QED) is 0.780. The first kappa shape index (κ1) is 14.3. The van der Waals surface area contributed by atoms with Crippen LogP contribution in [0.4, 0.5) is 5.69 Å². The third-order valence-electron chi connectivity index (χ3n) is 3.67. The highest BCUT2D eigenvalue weighted by atomic mass is 16.4. The minimum Gasteiger partial charge on any atom is -0.419 e. The molecule has 0 atom stereocenters. The Morgan fingerprint density at radius 3 is 2.59 bits per heavy atom. The molecule has 0 bridgehead atoms. The van der Waals surface area contributed by atoms with E-state index in [1.54, 1.807) is 0 Å². The van der Waals surface area contributed by atoms with Crippen molar-refractivity contribution in [3.8, 4) is 11.5 Å². The normalized spacial score (nSPS) is 10.7. The zero-order valence-corrected chi connectivity index (χ0v) is 13.1. The van der Waals surface area contributed by atoms with E-state index in [-0.39, 0.29) is 0 Å². The number of nitrogens with zero attached hydrogens (tertiary/aromatic N) is 2. The summed E-state index contributed by atoms with van der Waals surface area (Å²) in [7, 11) is 0. The van der Waals surface area contributed by atoms with Gasteiger partial charge in [0.15, 0.2) is 0 Å². The Hall–Kier alpha value is -2.62. The number of hydrogen-bond acceptors (Lipinski definition) is 4. The van der Waals surface area contributed by atoms with Crippen molar-refractivity contribution in [3.63, 3.8) is 0 Å². The van der Waals surface area contributed by atoms with Gasteiger partial charge < -0.3 is 9.73 Å². The minimum absolute atomic E-state index is 0.517. The van der Waals surface area contributed by atoms with Crippen LogP contribution < -0.4 is 5.32 Å². The molecule has 0 saturated heterocycles. The van der Waals surface area contributed by atoms with E-state index in [2.05, 4.69) is 47.6 Å². The molecule has 0 aliphatic rings. The molecule has 0 radical (unpaired) electrons. The summed E-state index contributed by atoms with van der Waals surface area (Å²) >= 11 is 0. The number of rotatable bonds is 4. The highest BCUT2D eigenvalue weighted by Crippen LogP contribution is 2.22. The summed E-state index contributed by atoms with van der Waals surface area (Å²) in [5, 5.41) is 11.6. The molecule has 0 fully saturated rings. The third kappa shape index (κ3) is 3.01. The van der Waals surface area contributed by atoms with Crippen molar-refractivity contribution in [1.29, 1.82) is 0 Å². The molecular weight excluding hydrogens is 274 g/mol. The summed E-state index contributed by atoms with van der Waals surface area (Å²) < 4.78 is 5.76. The molecule has 0 unspecified atom stereocenters. The van der Waals surface area contributed by atoms with Crippen LogP contribution in [-0.2, 0) is 6.54 Å². The second-order valence-corrected chi connectivity index (χ2v) is 5.49. The molecule has 1 N–H and O–H groups in total. The van der Waals surface area contributed by atoms with E-state index in [4.69, 9.17) is 4.42 Å². The molecule has 1 aromatic heterocycles. The highest BCUT2D eigenvalue weighted by Gasteiger charge is 2.10. The number of benzene rings is 2. The van der Waals surface area contributed by atoms with Crippen molar-refractivity contribution >= 4 is 5.69 Å². The summed E-state index contributed by atoms with van der Waals surface area (Å²) in [6.07, 6.45) is 0. The number of aryl methyl sites for hydroxylation is 3. The van der Waals surface area contributed by atoms with Gasteiger partial charge in [0.1, 0.15) is 0 Å². The Bertz CT molecular complexity index is 793. The van der Waals surface area contributed by atoms with E-state index in [1.807, 2.05) is 31.2 Å². The van der Waals surface area contributed by atoms with E-state index < -0.39 is 0 Å². The summed E-state index contributed by atoms with van der Waals surface area (Å²) in [4.78, 5) is 0. The van der Waals surface area contributed by atoms with Gasteiger partial charge in [-0.3, -0.25) is 0 Å². The SMILES string of the molecule is Cc1ccc(C)c(NCc2nnc(-c3ccccc3C)o2)c1. The van der Waals surface area contributed by atoms with Gasteiger partial charge in [0.25, 0.3) is 0 Å². The van der Waals surface area contributed by atoms with Crippen LogP contribution in [-0.4, -0.2) is 10.2 Å². The van der Waals surface area contributed by atoms with Crippen LogP contribution >= 0.6 is 0 Å². The smallest absolute Gasteiger partial charge is 0.248 e. The Labute approximate surface area is 130 Å². The van der Waals surface area contributed by atoms with Gasteiger partial charge in [0, 0.05) is 11.3 Å². The maximum Gasteiger partial charge on any atom is 0.248 e. The number of aromatic nitrogens is 2. The number of anilines is 1. The highest BCUT2D eigenvalue weighted by molar-refractivity contribution is 5.57. The molecule has 2 aromatic carbocycles. The van der Waals surface area contributed by atoms with Crippen LogP contribution in [0.1, 0.15) is 22.6 Å². The Kier molecular flexibility index (Phi) is 3.92. The average molecular weight is 293 g/mol. The Balaban J connectivity index is 1.75. The largest absolute Gasteiger partial charge is 0.419 e. The van der Waals surface area contributed by atoms with Gasteiger partial charge in [-0.2, -0.15) is 0 Å². The lowest BCUT2D eigenvalue weighted by molar-refractivity contribution is 0.514. The molecule has 112 valence electrons. The van der Waals surface area contributed by atoms with Gasteiger partial charge in [0.2, 0.25) is 11.8 Å². The molecule has 0 aliphatic heterocycles. The van der Waals surface area contributed by atoms with Gasteiger partial charge in [-0.1, -0.05) is 30.3 Å². The molecule has 0 amide bonds. The van der Waals surface area contributed by atoms with Gasteiger partial charge in [-0.15, -0.1) is 10.2 Å². The van der Waals surface area contributed by atoms with Crippen LogP contribution in [0.3, 0.4) is 0 Å². The first-order chi connectivity index (χ1) is 10.6. The van der Waals surface area contributed by atoms with E-state index in [0.717, 1.165) is 16.8 Å². The van der Waals surface area contributed by atoms with E-state index in [9.17, 15) is 0 Å². The average Bonchev–Trinajstić information content (AvgIpc) is 2.97. The first-order valence-corrected chi connectivity index (χ1v) is 7.33. The molecule has 4 heteroatoms. The number of hydrogen-bond donors (Lipinski definition) is 1. The van der Waals surface area contributed by atoms with E-state index in [0.29, 0.717) is 18.3 Å². The zero-order valence-electron chi connectivity index (χ0n) is 13.1. The van der Waals surface area contributed by atoms with Gasteiger partial charge in [0.05, 0.1) is 6.54 Å². The van der Waals surface area contributed by atoms with Crippen molar-refractivity contribution in [3.05, 3.63) is 65.0 Å². The second-order valence-electron chi connectivity index (χ2n) is 5.49. The lowest BCUT2D eigenvalue weighted by Crippen LogP contribution is -2.01. The van der Waals surface area contributed by atoms with Gasteiger partial charge >= 0.3 is 0 Å². The zero-order chi connectivity index (χ0) is 15.5. The second kappa shape index (κ2) is 6.02. The van der Waals surface area contributed by atoms with Crippen LogP contribution in [0.15, 0.2) is 46.9 Å². The molecule has 3 aromatic rings. The van der Waals surface area contributed by atoms with Crippen LogP contribution in [0.5, 0.6) is 0 Å². The van der Waals surface area contributed by atoms with Crippen molar-refractivity contribution in [2.45, 2.75) is 27.3 Å². The predicted octanol–water partition coefficient (Wildman–Crippen LogP) is 4.27. The van der Waals surface area contributed by atoms with Gasteiger partial charge in [-0.05, 0) is 49.6 Å². The fourth-order valence-corrected chi connectivity index (χ4v) is 2.34. The van der Waals surface area contributed by atoms with Crippen molar-refractivity contribution in [2.24, 2.45) is 0 Å². The van der Waals surface area contributed by atoms with Crippen LogP contribution in [0, 0.1) is 20.8 Å². The molecule has 1 heterocycles. The van der Waals surface area contributed by atoms with Crippen molar-refractivity contribution < 1.29 is 4.42 Å². The van der Waals surface area contributed by atoms with Crippen molar-refractivity contribution in [2.75, 3.05) is 5.32 Å². The monoisotopic (exact) mass is 293 g/mol. The number of nitrogens with one attached hydrogen (secondary N) is 1. The molecule has 3 rings (SSSR count). The topological polar surface area (TPSA) is 51.0 Å². The fraction of sp³-hybridized carbons (Fsp3) is 0.222. The minimum atomic E-state index is 0.517. The first-order valence-electron chi connectivity index (χ1n) is 7.33. The molecule has 22 heavy (non-hydrogen) atoms. The molecule has 0 saturated carbocycles.